The van der Waals surface area contributed by atoms with E-state index in [0.29, 0.717) is 34.9 Å². The summed E-state index contributed by atoms with van der Waals surface area (Å²) < 4.78 is 25.5. The number of carbonyl (C=O) groups excluding carboxylic acids is 2. The van der Waals surface area contributed by atoms with Crippen molar-refractivity contribution in [2.75, 3.05) is 18.5 Å². The first-order chi connectivity index (χ1) is 13.4. The number of carbonyl (C=O) groups is 2. The third kappa shape index (κ3) is 4.44. The van der Waals surface area contributed by atoms with Gasteiger partial charge in [0.15, 0.2) is 11.5 Å². The molecule has 1 unspecified atom stereocenters. The van der Waals surface area contributed by atoms with Gasteiger partial charge in [-0.15, -0.1) is 0 Å². The van der Waals surface area contributed by atoms with Crippen LogP contribution in [0.3, 0.4) is 0 Å². The molecule has 148 valence electrons. The predicted octanol–water partition coefficient (Wildman–Crippen LogP) is 3.75. The molecule has 6 nitrogen and oxygen atoms in total. The molecule has 8 heteroatoms. The minimum atomic E-state index is -0.854. The molecular formula is C20H20BrFN2O4. The number of rotatable bonds is 5. The van der Waals surface area contributed by atoms with Gasteiger partial charge >= 0.3 is 0 Å². The summed E-state index contributed by atoms with van der Waals surface area (Å²) in [5.41, 5.74) is 0.376. The molecule has 1 aliphatic heterocycles. The molecule has 1 heterocycles. The fourth-order valence-corrected chi connectivity index (χ4v) is 3.19. The minimum Gasteiger partial charge on any atom is -0.486 e. The lowest BCUT2D eigenvalue weighted by Crippen LogP contribution is -2.47. The summed E-state index contributed by atoms with van der Waals surface area (Å²) in [7, 11) is 0. The van der Waals surface area contributed by atoms with Crippen molar-refractivity contribution in [2.45, 2.75) is 19.9 Å². The number of fused-ring (bicyclic) bond motifs is 1. The van der Waals surface area contributed by atoms with Crippen LogP contribution in [0.2, 0.25) is 0 Å². The molecule has 2 aromatic rings. The Labute approximate surface area is 170 Å². The minimum absolute atomic E-state index is 0.110. The third-order valence-electron chi connectivity index (χ3n) is 4.24. The number of hydrogen-bond donors (Lipinski definition) is 2. The first kappa shape index (κ1) is 20.1. The first-order valence-corrected chi connectivity index (χ1v) is 9.61. The van der Waals surface area contributed by atoms with Gasteiger partial charge in [-0.25, -0.2) is 4.39 Å². The van der Waals surface area contributed by atoms with Gasteiger partial charge in [0.2, 0.25) is 5.91 Å². The lowest BCUT2D eigenvalue weighted by Gasteiger charge is -2.23. The molecule has 28 heavy (non-hydrogen) atoms. The van der Waals surface area contributed by atoms with Gasteiger partial charge in [-0.2, -0.15) is 0 Å². The van der Waals surface area contributed by atoms with Gasteiger partial charge < -0.3 is 20.1 Å². The van der Waals surface area contributed by atoms with E-state index in [-0.39, 0.29) is 11.5 Å². The molecule has 0 spiro atoms. The average molecular weight is 451 g/mol. The van der Waals surface area contributed by atoms with Crippen molar-refractivity contribution in [3.63, 3.8) is 0 Å². The van der Waals surface area contributed by atoms with Crippen LogP contribution in [0.1, 0.15) is 24.2 Å². The van der Waals surface area contributed by atoms with Gasteiger partial charge in [-0.1, -0.05) is 26.0 Å². The maximum atomic E-state index is 13.9. The Bertz CT molecular complexity index is 904. The maximum absolute atomic E-state index is 13.9. The van der Waals surface area contributed by atoms with Crippen molar-refractivity contribution in [1.29, 1.82) is 0 Å². The number of nitrogens with one attached hydrogen (secondary N) is 2. The summed E-state index contributed by atoms with van der Waals surface area (Å²) in [6.07, 6.45) is 0. The summed E-state index contributed by atoms with van der Waals surface area (Å²) in [6.45, 7) is 4.48. The SMILES string of the molecule is CC(C)C(NC(=O)c1ccccc1F)C(=O)Nc1cc2c(cc1Br)OCCO2. The van der Waals surface area contributed by atoms with E-state index in [1.807, 2.05) is 0 Å². The summed E-state index contributed by atoms with van der Waals surface area (Å²) in [5.74, 6) is -0.805. The zero-order valence-corrected chi connectivity index (χ0v) is 17.0. The van der Waals surface area contributed by atoms with E-state index in [4.69, 9.17) is 9.47 Å². The van der Waals surface area contributed by atoms with E-state index in [1.54, 1.807) is 32.0 Å². The quantitative estimate of drug-likeness (QED) is 0.726. The molecule has 0 radical (unpaired) electrons. The number of halogens is 2. The Morgan fingerprint density at radius 3 is 2.39 bits per heavy atom. The molecular weight excluding hydrogens is 431 g/mol. The smallest absolute Gasteiger partial charge is 0.254 e. The molecule has 0 saturated carbocycles. The van der Waals surface area contributed by atoms with E-state index in [2.05, 4.69) is 26.6 Å². The number of ether oxygens (including phenoxy) is 2. The van der Waals surface area contributed by atoms with Crippen LogP contribution in [0.4, 0.5) is 10.1 Å². The average Bonchev–Trinajstić information content (AvgIpc) is 2.66. The normalized spacial score (nSPS) is 13.8. The highest BCUT2D eigenvalue weighted by Gasteiger charge is 2.27. The molecule has 1 aliphatic rings. The van der Waals surface area contributed by atoms with Crippen LogP contribution in [0.15, 0.2) is 40.9 Å². The monoisotopic (exact) mass is 450 g/mol. The number of benzene rings is 2. The van der Waals surface area contributed by atoms with Crippen LogP contribution < -0.4 is 20.1 Å². The van der Waals surface area contributed by atoms with Crippen molar-refractivity contribution in [3.8, 4) is 11.5 Å². The Kier molecular flexibility index (Phi) is 6.18. The van der Waals surface area contributed by atoms with Crippen molar-refractivity contribution >= 4 is 33.4 Å². The Balaban J connectivity index is 1.77. The van der Waals surface area contributed by atoms with Gasteiger partial charge in [0, 0.05) is 16.6 Å². The van der Waals surface area contributed by atoms with Crippen molar-refractivity contribution in [3.05, 3.63) is 52.3 Å². The van der Waals surface area contributed by atoms with Gasteiger partial charge in [-0.05, 0) is 34.0 Å². The first-order valence-electron chi connectivity index (χ1n) is 8.82. The summed E-state index contributed by atoms with van der Waals surface area (Å²) in [4.78, 5) is 25.2. The van der Waals surface area contributed by atoms with Crippen molar-refractivity contribution in [1.82, 2.24) is 5.32 Å². The number of hydrogen-bond acceptors (Lipinski definition) is 4. The molecule has 3 rings (SSSR count). The number of anilines is 1. The predicted molar refractivity (Wildman–Crippen MR) is 106 cm³/mol. The van der Waals surface area contributed by atoms with E-state index in [1.165, 1.54) is 18.2 Å². The number of amides is 2. The zero-order chi connectivity index (χ0) is 20.3. The van der Waals surface area contributed by atoms with Crippen LogP contribution in [-0.4, -0.2) is 31.1 Å². The van der Waals surface area contributed by atoms with Crippen molar-refractivity contribution < 1.29 is 23.5 Å². The second kappa shape index (κ2) is 8.60. The maximum Gasteiger partial charge on any atom is 0.254 e. The van der Waals surface area contributed by atoms with Crippen LogP contribution in [-0.2, 0) is 4.79 Å². The van der Waals surface area contributed by atoms with E-state index in [9.17, 15) is 14.0 Å². The lowest BCUT2D eigenvalue weighted by molar-refractivity contribution is -0.118. The second-order valence-corrected chi connectivity index (χ2v) is 7.49. The molecule has 0 aromatic heterocycles. The molecule has 2 amide bonds. The highest BCUT2D eigenvalue weighted by Crippen LogP contribution is 2.38. The summed E-state index contributed by atoms with van der Waals surface area (Å²) in [6, 6.07) is 8.15. The molecule has 0 aliphatic carbocycles. The Morgan fingerprint density at radius 2 is 1.75 bits per heavy atom. The molecule has 0 saturated heterocycles. The molecule has 0 bridgehead atoms. The van der Waals surface area contributed by atoms with Crippen LogP contribution >= 0.6 is 15.9 Å². The standard InChI is InChI=1S/C20H20BrFN2O4/c1-11(2)18(24-19(25)12-5-3-4-6-14(12)22)20(26)23-15-10-17-16(9-13(15)21)27-7-8-28-17/h3-6,9-11,18H,7-8H2,1-2H3,(H,23,26)(H,24,25). The fourth-order valence-electron chi connectivity index (χ4n) is 2.77. The second-order valence-electron chi connectivity index (χ2n) is 6.64. The van der Waals surface area contributed by atoms with E-state index < -0.39 is 23.7 Å². The van der Waals surface area contributed by atoms with Crippen LogP contribution in [0.25, 0.3) is 0 Å². The Hall–Kier alpha value is -2.61. The molecule has 0 fully saturated rings. The zero-order valence-electron chi connectivity index (χ0n) is 15.4. The fraction of sp³-hybridized carbons (Fsp3) is 0.300. The molecule has 1 atom stereocenters. The van der Waals surface area contributed by atoms with Gasteiger partial charge in [0.05, 0.1) is 11.3 Å². The van der Waals surface area contributed by atoms with E-state index in [0.717, 1.165) is 0 Å². The largest absolute Gasteiger partial charge is 0.486 e. The highest BCUT2D eigenvalue weighted by molar-refractivity contribution is 9.10. The third-order valence-corrected chi connectivity index (χ3v) is 4.90. The van der Waals surface area contributed by atoms with Gasteiger partial charge in [-0.3, -0.25) is 9.59 Å². The topological polar surface area (TPSA) is 76.7 Å². The van der Waals surface area contributed by atoms with E-state index >= 15 is 0 Å². The van der Waals surface area contributed by atoms with Crippen LogP contribution in [0, 0.1) is 11.7 Å². The molecule has 2 N–H and O–H groups in total. The highest BCUT2D eigenvalue weighted by atomic mass is 79.9. The summed E-state index contributed by atoms with van der Waals surface area (Å²) in [5, 5.41) is 5.40. The van der Waals surface area contributed by atoms with Crippen LogP contribution in [0.5, 0.6) is 11.5 Å². The summed E-state index contributed by atoms with van der Waals surface area (Å²) >= 11 is 3.40. The lowest BCUT2D eigenvalue weighted by atomic mass is 10.0. The Morgan fingerprint density at radius 1 is 1.11 bits per heavy atom. The van der Waals surface area contributed by atoms with Crippen molar-refractivity contribution in [2.24, 2.45) is 5.92 Å². The van der Waals surface area contributed by atoms with Gasteiger partial charge in [0.25, 0.3) is 5.91 Å². The molecule has 2 aromatic carbocycles. The van der Waals surface area contributed by atoms with Gasteiger partial charge in [0.1, 0.15) is 25.1 Å².